The molecule has 466 valence electrons. The fraction of sp³-hybridized carbons (Fsp3) is 0.482. The van der Waals surface area contributed by atoms with Gasteiger partial charge in [-0.2, -0.15) is 0 Å². The highest BCUT2D eigenvalue weighted by atomic mass is 16.3. The van der Waals surface area contributed by atoms with Crippen LogP contribution in [-0.4, -0.2) is 175 Å². The first kappa shape index (κ1) is 67.2. The molecule has 0 spiro atoms. The number of nitrogens with one attached hydrogen (secondary N) is 10. The molecule has 1 aliphatic heterocycles. The second-order valence-corrected chi connectivity index (χ2v) is 21.4. The number of rotatable bonds is 33. The van der Waals surface area contributed by atoms with E-state index in [4.69, 9.17) is 22.9 Å². The minimum Gasteiger partial charge on any atom is -0.508 e. The maximum atomic E-state index is 14.5. The monoisotopic (exact) mass is 1200 g/mol. The van der Waals surface area contributed by atoms with Gasteiger partial charge in [-0.3, -0.25) is 57.7 Å². The maximum absolute atomic E-state index is 14.5. The molecule has 9 atom stereocenters. The van der Waals surface area contributed by atoms with Crippen LogP contribution in [0.3, 0.4) is 0 Å². The van der Waals surface area contributed by atoms with Crippen molar-refractivity contribution >= 4 is 81.8 Å². The number of benzene rings is 2. The quantitative estimate of drug-likeness (QED) is 0.0124. The standard InChI is InChI=1S/C56H79N17O13/c1-29(2)21-40(69-49(80)39(11-7-19-62-56(59)60)67-55(86)45-12-8-20-73(45)31(4)75)50(81)65-30(3)48(79)68-41(22-32-13-15-35(76)16-14-32)51(82)72-44(27-74)54(85)70-42(23-33-25-63-37-10-6-5-9-36(33)37)52(83)71-43(24-34-26-61-28-64-34)53(84)66-38(47(58)78)17-18-46(57)77/h5-6,9-10,13-16,25-26,28-30,38-45,63,74,76H,7-8,11-12,17-24,27H2,1-4H3,(H2,57,77)(H2,58,78)(H,61,64)(H,65,81)(H,66,84)(H,67,86)(H,68,79)(H,69,80)(H,70,85)(H,71,83)(H,72,82)(H4,59,60,62). The lowest BCUT2D eigenvalue weighted by molar-refractivity contribution is -0.138. The van der Waals surface area contributed by atoms with E-state index in [0.717, 1.165) is 0 Å². The van der Waals surface area contributed by atoms with Crippen molar-refractivity contribution in [2.75, 3.05) is 19.7 Å². The van der Waals surface area contributed by atoms with Crippen molar-refractivity contribution in [3.05, 3.63) is 84.1 Å². The molecule has 4 aromatic rings. The molecule has 30 heteroatoms. The summed E-state index contributed by atoms with van der Waals surface area (Å²) < 4.78 is 0. The van der Waals surface area contributed by atoms with E-state index < -0.39 is 120 Å². The van der Waals surface area contributed by atoms with Gasteiger partial charge < -0.3 is 90.5 Å². The zero-order valence-corrected chi connectivity index (χ0v) is 48.4. The Morgan fingerprint density at radius 3 is 1.86 bits per heavy atom. The zero-order valence-electron chi connectivity index (χ0n) is 48.4. The number of imidazole rings is 1. The van der Waals surface area contributed by atoms with Crippen LogP contribution in [0.2, 0.25) is 0 Å². The highest BCUT2D eigenvalue weighted by Gasteiger charge is 2.37. The molecule has 2 aromatic heterocycles. The van der Waals surface area contributed by atoms with Crippen molar-refractivity contribution in [1.29, 1.82) is 0 Å². The Hall–Kier alpha value is -9.61. The largest absolute Gasteiger partial charge is 0.508 e. The first-order chi connectivity index (χ1) is 40.8. The topological polar surface area (TPSA) is 489 Å². The van der Waals surface area contributed by atoms with E-state index in [1.165, 1.54) is 55.5 Å². The first-order valence-corrected chi connectivity index (χ1v) is 28.1. The molecule has 0 aliphatic carbocycles. The SMILES string of the molecule is CC(=O)N1CCCC1C(=O)NC(CCCN=C(N)N)C(=O)NC(CC(C)C)C(=O)NC(C)C(=O)NC(Cc1ccc(O)cc1)C(=O)NC(CO)C(=O)NC(Cc1c[nH]c2ccccc12)C(=O)NC(Cc1cnc[nH]1)C(=O)NC(CCC(N)=O)C(N)=O. The zero-order chi connectivity index (χ0) is 63.2. The summed E-state index contributed by atoms with van der Waals surface area (Å²) in [5.74, 6) is -9.50. The fourth-order valence-electron chi connectivity index (χ4n) is 9.60. The van der Waals surface area contributed by atoms with Crippen LogP contribution in [0.25, 0.3) is 10.9 Å². The lowest BCUT2D eigenvalue weighted by Crippen LogP contribution is -2.61. The molecule has 11 amide bonds. The summed E-state index contributed by atoms with van der Waals surface area (Å²) in [6.45, 7) is 5.68. The van der Waals surface area contributed by atoms with Crippen LogP contribution in [0.1, 0.15) is 89.5 Å². The summed E-state index contributed by atoms with van der Waals surface area (Å²) in [5.41, 5.74) is 23.8. The Bertz CT molecular complexity index is 3060. The normalized spacial score (nSPS) is 15.7. The number of nitrogens with zero attached hydrogens (tertiary/aromatic N) is 3. The summed E-state index contributed by atoms with van der Waals surface area (Å²) in [5, 5.41) is 42.0. The lowest BCUT2D eigenvalue weighted by Gasteiger charge is -2.28. The average Bonchev–Trinajstić information content (AvgIpc) is 4.24. The molecule has 3 heterocycles. The molecule has 86 heavy (non-hydrogen) atoms. The first-order valence-electron chi connectivity index (χ1n) is 28.1. The number of amides is 11. The van der Waals surface area contributed by atoms with Crippen LogP contribution >= 0.6 is 0 Å². The number of carbonyl (C=O) groups excluding carboxylic acids is 11. The third-order valence-electron chi connectivity index (χ3n) is 14.1. The fourth-order valence-corrected chi connectivity index (χ4v) is 9.60. The molecule has 0 saturated carbocycles. The van der Waals surface area contributed by atoms with Gasteiger partial charge in [-0.05, 0) is 80.7 Å². The Balaban J connectivity index is 1.35. The molecule has 0 radical (unpaired) electrons. The minimum atomic E-state index is -1.80. The number of aliphatic imine (C=N–C) groups is 1. The lowest BCUT2D eigenvalue weighted by atomic mass is 10.0. The van der Waals surface area contributed by atoms with Gasteiger partial charge in [0, 0.05) is 74.7 Å². The number of para-hydroxylation sites is 1. The summed E-state index contributed by atoms with van der Waals surface area (Å²) in [7, 11) is 0. The van der Waals surface area contributed by atoms with Crippen LogP contribution < -0.4 is 65.5 Å². The van der Waals surface area contributed by atoms with Gasteiger partial charge in [-0.1, -0.05) is 44.2 Å². The second-order valence-electron chi connectivity index (χ2n) is 21.4. The Morgan fingerprint density at radius 1 is 0.674 bits per heavy atom. The number of phenols is 1. The number of H-pyrrole nitrogens is 2. The van der Waals surface area contributed by atoms with Gasteiger partial charge in [0.25, 0.3) is 0 Å². The van der Waals surface area contributed by atoms with E-state index >= 15 is 0 Å². The summed E-state index contributed by atoms with van der Waals surface area (Å²) >= 11 is 0. The molecule has 20 N–H and O–H groups in total. The molecular weight excluding hydrogens is 1120 g/mol. The van der Waals surface area contributed by atoms with Crippen LogP contribution in [-0.2, 0) is 72.0 Å². The van der Waals surface area contributed by atoms with E-state index in [9.17, 15) is 63.0 Å². The van der Waals surface area contributed by atoms with Crippen LogP contribution in [0.15, 0.2) is 72.2 Å². The number of nitrogens with two attached hydrogens (primary N) is 4. The van der Waals surface area contributed by atoms with E-state index in [1.54, 1.807) is 44.3 Å². The highest BCUT2D eigenvalue weighted by Crippen LogP contribution is 2.21. The van der Waals surface area contributed by atoms with E-state index in [-0.39, 0.29) is 81.4 Å². The van der Waals surface area contributed by atoms with Gasteiger partial charge in [0.1, 0.15) is 60.1 Å². The van der Waals surface area contributed by atoms with Crippen molar-refractivity contribution in [2.45, 2.75) is 146 Å². The molecule has 1 fully saturated rings. The van der Waals surface area contributed by atoms with E-state index in [1.807, 2.05) is 0 Å². The van der Waals surface area contributed by atoms with Gasteiger partial charge in [-0.25, -0.2) is 4.98 Å². The molecule has 0 bridgehead atoms. The van der Waals surface area contributed by atoms with Gasteiger partial charge in [0.2, 0.25) is 65.0 Å². The van der Waals surface area contributed by atoms with Crippen molar-refractivity contribution in [2.24, 2.45) is 33.8 Å². The number of likely N-dealkylation sites (tertiary alicyclic amines) is 1. The number of carbonyl (C=O) groups is 11. The number of aliphatic hydroxyl groups excluding tert-OH is 1. The van der Waals surface area contributed by atoms with Gasteiger partial charge in [0.05, 0.1) is 12.9 Å². The number of phenolic OH excluding ortho intramolecular Hbond substituents is 1. The van der Waals surface area contributed by atoms with Gasteiger partial charge in [-0.15, -0.1) is 0 Å². The van der Waals surface area contributed by atoms with Crippen molar-refractivity contribution in [3.8, 4) is 5.75 Å². The number of hydrogen-bond acceptors (Lipinski definition) is 15. The Morgan fingerprint density at radius 2 is 1.26 bits per heavy atom. The van der Waals surface area contributed by atoms with Crippen LogP contribution in [0.4, 0.5) is 0 Å². The number of fused-ring (bicyclic) bond motifs is 1. The van der Waals surface area contributed by atoms with E-state index in [0.29, 0.717) is 47.1 Å². The smallest absolute Gasteiger partial charge is 0.245 e. The average molecular weight is 1200 g/mol. The molecule has 1 saturated heterocycles. The maximum Gasteiger partial charge on any atom is 0.245 e. The number of aliphatic hydroxyl groups is 1. The highest BCUT2D eigenvalue weighted by molar-refractivity contribution is 5.99. The summed E-state index contributed by atoms with van der Waals surface area (Å²) in [6, 6.07) is 0.295. The van der Waals surface area contributed by atoms with Crippen molar-refractivity contribution < 1.29 is 63.0 Å². The van der Waals surface area contributed by atoms with Gasteiger partial charge >= 0.3 is 0 Å². The molecule has 30 nitrogen and oxygen atoms in total. The third-order valence-corrected chi connectivity index (χ3v) is 14.1. The summed E-state index contributed by atoms with van der Waals surface area (Å²) in [4.78, 5) is 164. The number of guanidine groups is 1. The molecule has 2 aromatic carbocycles. The molecular formula is C56H79N17O13. The van der Waals surface area contributed by atoms with Crippen LogP contribution in [0, 0.1) is 5.92 Å². The number of aromatic amines is 2. The summed E-state index contributed by atoms with van der Waals surface area (Å²) in [6.07, 6.45) is 4.36. The minimum absolute atomic E-state index is 0.0395. The Labute approximate surface area is 495 Å². The van der Waals surface area contributed by atoms with Crippen molar-refractivity contribution in [3.63, 3.8) is 0 Å². The predicted octanol–water partition coefficient (Wildman–Crippen LogP) is -3.62. The number of aromatic hydroxyl groups is 1. The molecule has 9 unspecified atom stereocenters. The number of hydrogen-bond donors (Lipinski definition) is 16. The molecule has 5 rings (SSSR count). The second kappa shape index (κ2) is 32.4. The van der Waals surface area contributed by atoms with Crippen molar-refractivity contribution in [1.82, 2.24) is 62.4 Å². The van der Waals surface area contributed by atoms with Crippen LogP contribution in [0.5, 0.6) is 5.75 Å². The molecule has 1 aliphatic rings. The van der Waals surface area contributed by atoms with Gasteiger partial charge in [0.15, 0.2) is 5.96 Å². The van der Waals surface area contributed by atoms with E-state index in [2.05, 4.69) is 62.5 Å². The number of aromatic nitrogens is 3. The third kappa shape index (κ3) is 20.6. The Kier molecular flexibility index (Phi) is 25.3. The number of primary amides is 2. The predicted molar refractivity (Wildman–Crippen MR) is 312 cm³/mol.